The standard InChI is InChI=1S/C13H17N3O3/c1-18-10-6-5-9(8-11(10)19-2)13(17)16-15-12-4-3-7-14-12/h5-6,8H,3-4,7H2,1-2H3,(H,14,15)(H,16,17). The minimum absolute atomic E-state index is 0.240. The van der Waals surface area contributed by atoms with Gasteiger partial charge in [0.05, 0.1) is 14.2 Å². The van der Waals surface area contributed by atoms with Gasteiger partial charge in [0.25, 0.3) is 5.91 Å². The molecule has 102 valence electrons. The fourth-order valence-electron chi connectivity index (χ4n) is 1.82. The second kappa shape index (κ2) is 6.08. The van der Waals surface area contributed by atoms with E-state index in [0.29, 0.717) is 17.1 Å². The van der Waals surface area contributed by atoms with Crippen LogP contribution in [0.15, 0.2) is 23.2 Å². The van der Waals surface area contributed by atoms with Crippen LogP contribution in [-0.2, 0) is 0 Å². The Morgan fingerprint density at radius 3 is 2.68 bits per heavy atom. The molecule has 0 bridgehead atoms. The average molecular weight is 263 g/mol. The van der Waals surface area contributed by atoms with Gasteiger partial charge in [-0.2, -0.15) is 0 Å². The third kappa shape index (κ3) is 3.15. The van der Waals surface area contributed by atoms with Gasteiger partial charge in [-0.25, -0.2) is 0 Å². The quantitative estimate of drug-likeness (QED) is 0.802. The van der Waals surface area contributed by atoms with Crippen molar-refractivity contribution < 1.29 is 14.3 Å². The predicted octanol–water partition coefficient (Wildman–Crippen LogP) is 1.13. The second-order valence-electron chi connectivity index (χ2n) is 4.08. The largest absolute Gasteiger partial charge is 0.493 e. The minimum Gasteiger partial charge on any atom is -0.493 e. The summed E-state index contributed by atoms with van der Waals surface area (Å²) in [5.74, 6) is 1.69. The zero-order valence-electron chi connectivity index (χ0n) is 11.0. The minimum atomic E-state index is -0.240. The third-order valence-corrected chi connectivity index (χ3v) is 2.84. The Morgan fingerprint density at radius 2 is 2.05 bits per heavy atom. The molecule has 0 aromatic heterocycles. The maximum absolute atomic E-state index is 11.9. The molecule has 1 amide bonds. The number of nitrogens with one attached hydrogen (secondary N) is 2. The second-order valence-corrected chi connectivity index (χ2v) is 4.08. The normalized spacial score (nSPS) is 13.7. The molecule has 6 heteroatoms. The molecule has 0 saturated carbocycles. The number of hydrogen-bond donors (Lipinski definition) is 2. The Kier molecular flexibility index (Phi) is 4.22. The highest BCUT2D eigenvalue weighted by Crippen LogP contribution is 2.27. The molecular formula is C13H17N3O3. The van der Waals surface area contributed by atoms with Crippen molar-refractivity contribution in [2.75, 3.05) is 20.8 Å². The number of rotatable bonds is 3. The van der Waals surface area contributed by atoms with Gasteiger partial charge in [-0.3, -0.25) is 20.6 Å². The maximum Gasteiger partial charge on any atom is 0.269 e. The predicted molar refractivity (Wildman–Crippen MR) is 71.7 cm³/mol. The first-order chi connectivity index (χ1) is 9.24. The van der Waals surface area contributed by atoms with Crippen LogP contribution < -0.4 is 20.3 Å². The van der Waals surface area contributed by atoms with Crippen molar-refractivity contribution in [1.29, 1.82) is 0 Å². The van der Waals surface area contributed by atoms with Crippen LogP contribution >= 0.6 is 0 Å². The first-order valence-corrected chi connectivity index (χ1v) is 6.06. The number of hydrazine groups is 1. The number of amides is 1. The molecule has 6 nitrogen and oxygen atoms in total. The highest BCUT2D eigenvalue weighted by Gasteiger charge is 2.12. The number of ether oxygens (including phenoxy) is 2. The lowest BCUT2D eigenvalue weighted by Crippen LogP contribution is -2.40. The van der Waals surface area contributed by atoms with Crippen LogP contribution in [0.1, 0.15) is 23.2 Å². The van der Waals surface area contributed by atoms with E-state index in [2.05, 4.69) is 15.8 Å². The van der Waals surface area contributed by atoms with Gasteiger partial charge >= 0.3 is 0 Å². The molecule has 19 heavy (non-hydrogen) atoms. The summed E-state index contributed by atoms with van der Waals surface area (Å²) in [6.45, 7) is 0.814. The van der Waals surface area contributed by atoms with Gasteiger partial charge in [-0.1, -0.05) is 0 Å². The molecule has 1 aromatic rings. The zero-order chi connectivity index (χ0) is 13.7. The lowest BCUT2D eigenvalue weighted by molar-refractivity contribution is 0.0943. The molecule has 0 fully saturated rings. The number of methoxy groups -OCH3 is 2. The molecule has 1 aromatic carbocycles. The lowest BCUT2D eigenvalue weighted by atomic mass is 10.2. The number of aliphatic imine (C=N–C) groups is 1. The van der Waals surface area contributed by atoms with Gasteiger partial charge in [0.1, 0.15) is 5.84 Å². The summed E-state index contributed by atoms with van der Waals surface area (Å²) in [4.78, 5) is 16.2. The van der Waals surface area contributed by atoms with Crippen molar-refractivity contribution in [3.8, 4) is 11.5 Å². The monoisotopic (exact) mass is 263 g/mol. The number of benzene rings is 1. The fourth-order valence-corrected chi connectivity index (χ4v) is 1.82. The summed E-state index contributed by atoms with van der Waals surface area (Å²) in [7, 11) is 3.09. The summed E-state index contributed by atoms with van der Waals surface area (Å²) >= 11 is 0. The molecule has 0 spiro atoms. The maximum atomic E-state index is 11.9. The SMILES string of the molecule is COc1ccc(C(=O)NNC2=NCCC2)cc1OC. The Balaban J connectivity index is 2.02. The highest BCUT2D eigenvalue weighted by atomic mass is 16.5. The first-order valence-electron chi connectivity index (χ1n) is 6.06. The number of amidine groups is 1. The first kappa shape index (κ1) is 13.2. The highest BCUT2D eigenvalue weighted by molar-refractivity contribution is 5.96. The molecule has 2 N–H and O–H groups in total. The Bertz CT molecular complexity index is 500. The number of carbonyl (C=O) groups excluding carboxylic acids is 1. The van der Waals surface area contributed by atoms with Gasteiger partial charge in [0.2, 0.25) is 0 Å². The van der Waals surface area contributed by atoms with E-state index in [9.17, 15) is 4.79 Å². The van der Waals surface area contributed by atoms with Crippen molar-refractivity contribution in [2.24, 2.45) is 4.99 Å². The molecule has 0 radical (unpaired) electrons. The van der Waals surface area contributed by atoms with Gasteiger partial charge in [-0.05, 0) is 24.6 Å². The molecule has 1 aliphatic heterocycles. The summed E-state index contributed by atoms with van der Waals surface area (Å²) in [5, 5.41) is 0. The molecule has 2 rings (SSSR count). The van der Waals surface area contributed by atoms with Gasteiger partial charge in [0, 0.05) is 18.5 Å². The van der Waals surface area contributed by atoms with E-state index >= 15 is 0 Å². The molecule has 0 aliphatic carbocycles. The van der Waals surface area contributed by atoms with E-state index in [1.165, 1.54) is 7.11 Å². The van der Waals surface area contributed by atoms with E-state index < -0.39 is 0 Å². The topological polar surface area (TPSA) is 72.0 Å². The molecule has 0 atom stereocenters. The Labute approximate surface area is 111 Å². The summed E-state index contributed by atoms with van der Waals surface area (Å²) < 4.78 is 10.3. The van der Waals surface area contributed by atoms with Crippen LogP contribution in [0, 0.1) is 0 Å². The fraction of sp³-hybridized carbons (Fsp3) is 0.385. The van der Waals surface area contributed by atoms with Crippen molar-refractivity contribution in [3.63, 3.8) is 0 Å². The molecule has 0 saturated heterocycles. The van der Waals surface area contributed by atoms with Crippen molar-refractivity contribution in [2.45, 2.75) is 12.8 Å². The number of hydrogen-bond acceptors (Lipinski definition) is 5. The zero-order valence-corrected chi connectivity index (χ0v) is 11.0. The van der Waals surface area contributed by atoms with Gasteiger partial charge < -0.3 is 9.47 Å². The third-order valence-electron chi connectivity index (χ3n) is 2.84. The van der Waals surface area contributed by atoms with E-state index in [1.54, 1.807) is 25.3 Å². The van der Waals surface area contributed by atoms with Crippen LogP contribution in [0.25, 0.3) is 0 Å². The summed E-state index contributed by atoms with van der Waals surface area (Å²) in [6, 6.07) is 5.00. The molecular weight excluding hydrogens is 246 g/mol. The Hall–Kier alpha value is -2.24. The van der Waals surface area contributed by atoms with E-state index in [4.69, 9.17) is 9.47 Å². The lowest BCUT2D eigenvalue weighted by Gasteiger charge is -2.11. The van der Waals surface area contributed by atoms with Gasteiger partial charge in [-0.15, -0.1) is 0 Å². The molecule has 1 aliphatic rings. The van der Waals surface area contributed by atoms with Crippen molar-refractivity contribution in [1.82, 2.24) is 10.9 Å². The summed E-state index contributed by atoms with van der Waals surface area (Å²) in [6.07, 6.45) is 1.89. The van der Waals surface area contributed by atoms with Crippen LogP contribution in [-0.4, -0.2) is 32.5 Å². The van der Waals surface area contributed by atoms with Crippen molar-refractivity contribution in [3.05, 3.63) is 23.8 Å². The average Bonchev–Trinajstić information content (AvgIpc) is 2.97. The number of carbonyl (C=O) groups is 1. The van der Waals surface area contributed by atoms with Crippen LogP contribution in [0.2, 0.25) is 0 Å². The van der Waals surface area contributed by atoms with Crippen LogP contribution in [0.3, 0.4) is 0 Å². The van der Waals surface area contributed by atoms with E-state index in [0.717, 1.165) is 25.2 Å². The van der Waals surface area contributed by atoms with Crippen LogP contribution in [0.5, 0.6) is 11.5 Å². The van der Waals surface area contributed by atoms with E-state index in [-0.39, 0.29) is 5.91 Å². The number of nitrogens with zero attached hydrogens (tertiary/aromatic N) is 1. The van der Waals surface area contributed by atoms with Crippen LogP contribution in [0.4, 0.5) is 0 Å². The van der Waals surface area contributed by atoms with Crippen molar-refractivity contribution >= 4 is 11.7 Å². The Morgan fingerprint density at radius 1 is 1.26 bits per heavy atom. The molecule has 0 unspecified atom stereocenters. The van der Waals surface area contributed by atoms with Gasteiger partial charge in [0.15, 0.2) is 11.5 Å². The van der Waals surface area contributed by atoms with E-state index in [1.807, 2.05) is 0 Å². The summed E-state index contributed by atoms with van der Waals surface area (Å²) in [5.41, 5.74) is 5.93. The molecule has 1 heterocycles. The smallest absolute Gasteiger partial charge is 0.269 e.